The smallest absolute Gasteiger partial charge is 0.251 e. The van der Waals surface area contributed by atoms with Gasteiger partial charge in [0.15, 0.2) is 0 Å². The van der Waals surface area contributed by atoms with Gasteiger partial charge in [-0.05, 0) is 49.6 Å². The minimum absolute atomic E-state index is 0.109. The molecule has 1 heterocycles. The van der Waals surface area contributed by atoms with E-state index in [0.29, 0.717) is 18.7 Å². The van der Waals surface area contributed by atoms with Gasteiger partial charge in [-0.15, -0.1) is 0 Å². The SMILES string of the molecule is Cc1cccc(C(=O)NC(C)c2nc3ccccc3n2CCOc2cccc3ccccc23)c1. The summed E-state index contributed by atoms with van der Waals surface area (Å²) in [6.45, 7) is 5.05. The molecule has 0 spiro atoms. The zero-order chi connectivity index (χ0) is 23.5. The van der Waals surface area contributed by atoms with Crippen molar-refractivity contribution in [2.24, 2.45) is 0 Å². The average molecular weight is 450 g/mol. The van der Waals surface area contributed by atoms with Crippen molar-refractivity contribution in [3.8, 4) is 5.75 Å². The highest BCUT2D eigenvalue weighted by atomic mass is 16.5. The summed E-state index contributed by atoms with van der Waals surface area (Å²) in [6.07, 6.45) is 0. The number of hydrogen-bond acceptors (Lipinski definition) is 3. The first kappa shape index (κ1) is 21.7. The summed E-state index contributed by atoms with van der Waals surface area (Å²) < 4.78 is 8.34. The Morgan fingerprint density at radius 1 is 0.971 bits per heavy atom. The monoisotopic (exact) mass is 449 g/mol. The second kappa shape index (κ2) is 9.40. The highest BCUT2D eigenvalue weighted by molar-refractivity contribution is 5.94. The third-order valence-electron chi connectivity index (χ3n) is 6.02. The summed E-state index contributed by atoms with van der Waals surface area (Å²) in [7, 11) is 0. The van der Waals surface area contributed by atoms with E-state index in [0.717, 1.165) is 38.9 Å². The van der Waals surface area contributed by atoms with Crippen LogP contribution in [0.1, 0.15) is 34.7 Å². The van der Waals surface area contributed by atoms with Gasteiger partial charge in [0.25, 0.3) is 5.91 Å². The van der Waals surface area contributed by atoms with E-state index >= 15 is 0 Å². The molecule has 4 aromatic carbocycles. The van der Waals surface area contributed by atoms with Crippen LogP contribution in [0.5, 0.6) is 5.75 Å². The Bertz CT molecular complexity index is 1470. The lowest BCUT2D eigenvalue weighted by Crippen LogP contribution is -2.29. The van der Waals surface area contributed by atoms with Gasteiger partial charge in [0.2, 0.25) is 0 Å². The van der Waals surface area contributed by atoms with Crippen molar-refractivity contribution in [2.45, 2.75) is 26.4 Å². The van der Waals surface area contributed by atoms with Crippen LogP contribution in [-0.2, 0) is 6.54 Å². The molecule has 5 aromatic rings. The molecule has 0 aliphatic heterocycles. The second-order valence-corrected chi connectivity index (χ2v) is 8.50. The van der Waals surface area contributed by atoms with Crippen LogP contribution in [0.2, 0.25) is 0 Å². The molecular formula is C29H27N3O2. The highest BCUT2D eigenvalue weighted by Crippen LogP contribution is 2.26. The summed E-state index contributed by atoms with van der Waals surface area (Å²) in [5.74, 6) is 1.57. The van der Waals surface area contributed by atoms with Crippen LogP contribution in [0.4, 0.5) is 0 Å². The molecule has 0 aliphatic carbocycles. The maximum absolute atomic E-state index is 12.9. The van der Waals surface area contributed by atoms with Crippen molar-refractivity contribution in [3.63, 3.8) is 0 Å². The zero-order valence-corrected chi connectivity index (χ0v) is 19.4. The summed E-state index contributed by atoms with van der Waals surface area (Å²) >= 11 is 0. The molecule has 0 aliphatic rings. The van der Waals surface area contributed by atoms with Crippen LogP contribution in [0.25, 0.3) is 21.8 Å². The van der Waals surface area contributed by atoms with Crippen molar-refractivity contribution >= 4 is 27.7 Å². The topological polar surface area (TPSA) is 56.2 Å². The van der Waals surface area contributed by atoms with E-state index in [-0.39, 0.29) is 11.9 Å². The molecule has 0 radical (unpaired) electrons. The largest absolute Gasteiger partial charge is 0.491 e. The van der Waals surface area contributed by atoms with E-state index in [2.05, 4.69) is 34.1 Å². The second-order valence-electron chi connectivity index (χ2n) is 8.50. The molecule has 5 rings (SSSR count). The van der Waals surface area contributed by atoms with Crippen LogP contribution in [0.15, 0.2) is 91.0 Å². The molecule has 0 fully saturated rings. The van der Waals surface area contributed by atoms with E-state index in [9.17, 15) is 4.79 Å². The zero-order valence-electron chi connectivity index (χ0n) is 19.4. The van der Waals surface area contributed by atoms with Crippen LogP contribution in [0.3, 0.4) is 0 Å². The maximum Gasteiger partial charge on any atom is 0.251 e. The Morgan fingerprint density at radius 3 is 2.62 bits per heavy atom. The number of benzene rings is 4. The van der Waals surface area contributed by atoms with E-state index in [1.165, 1.54) is 0 Å². The molecule has 1 unspecified atom stereocenters. The molecule has 0 saturated carbocycles. The fourth-order valence-electron chi connectivity index (χ4n) is 4.36. The third-order valence-corrected chi connectivity index (χ3v) is 6.02. The molecule has 34 heavy (non-hydrogen) atoms. The predicted molar refractivity (Wildman–Crippen MR) is 136 cm³/mol. The van der Waals surface area contributed by atoms with E-state index in [4.69, 9.17) is 9.72 Å². The Hall–Kier alpha value is -4.12. The fourth-order valence-corrected chi connectivity index (χ4v) is 4.36. The van der Waals surface area contributed by atoms with Crippen LogP contribution in [0, 0.1) is 6.92 Å². The number of nitrogens with one attached hydrogen (secondary N) is 1. The van der Waals surface area contributed by atoms with Gasteiger partial charge in [0.05, 0.1) is 23.6 Å². The van der Waals surface area contributed by atoms with E-state index < -0.39 is 0 Å². The van der Waals surface area contributed by atoms with Gasteiger partial charge in [0, 0.05) is 10.9 Å². The molecule has 5 nitrogen and oxygen atoms in total. The number of imidazole rings is 1. The van der Waals surface area contributed by atoms with Gasteiger partial charge in [-0.1, -0.05) is 66.2 Å². The van der Waals surface area contributed by atoms with E-state index in [1.54, 1.807) is 0 Å². The first-order valence-electron chi connectivity index (χ1n) is 11.5. The third kappa shape index (κ3) is 4.37. The molecule has 0 bridgehead atoms. The minimum Gasteiger partial charge on any atom is -0.491 e. The lowest BCUT2D eigenvalue weighted by Gasteiger charge is -2.17. The fraction of sp³-hybridized carbons (Fsp3) is 0.172. The van der Waals surface area contributed by atoms with Gasteiger partial charge in [-0.25, -0.2) is 4.98 Å². The lowest BCUT2D eigenvalue weighted by molar-refractivity contribution is 0.0937. The van der Waals surface area contributed by atoms with Crippen LogP contribution in [-0.4, -0.2) is 22.1 Å². The van der Waals surface area contributed by atoms with Crippen LogP contribution < -0.4 is 10.1 Å². The number of ether oxygens (including phenoxy) is 1. The van der Waals surface area contributed by atoms with Gasteiger partial charge in [0.1, 0.15) is 18.2 Å². The van der Waals surface area contributed by atoms with Crippen LogP contribution >= 0.6 is 0 Å². The summed E-state index contributed by atoms with van der Waals surface area (Å²) in [5, 5.41) is 5.36. The van der Waals surface area contributed by atoms with Crippen molar-refractivity contribution < 1.29 is 9.53 Å². The molecule has 1 amide bonds. The number of amides is 1. The molecular weight excluding hydrogens is 422 g/mol. The van der Waals surface area contributed by atoms with Crippen molar-refractivity contribution in [3.05, 3.63) is 108 Å². The number of hydrogen-bond donors (Lipinski definition) is 1. The first-order valence-corrected chi connectivity index (χ1v) is 11.5. The summed E-state index contributed by atoms with van der Waals surface area (Å²) in [6, 6.07) is 29.7. The molecule has 5 heteroatoms. The Balaban J connectivity index is 1.38. The number of fused-ring (bicyclic) bond motifs is 2. The number of para-hydroxylation sites is 2. The van der Waals surface area contributed by atoms with E-state index in [1.807, 2.05) is 80.6 Å². The van der Waals surface area contributed by atoms with Crippen molar-refractivity contribution in [1.82, 2.24) is 14.9 Å². The van der Waals surface area contributed by atoms with Gasteiger partial charge in [-0.3, -0.25) is 4.79 Å². The maximum atomic E-state index is 12.9. The van der Waals surface area contributed by atoms with Gasteiger partial charge >= 0.3 is 0 Å². The first-order chi connectivity index (χ1) is 16.6. The normalized spacial score (nSPS) is 12.1. The van der Waals surface area contributed by atoms with Gasteiger partial charge in [-0.2, -0.15) is 0 Å². The highest BCUT2D eigenvalue weighted by Gasteiger charge is 2.19. The molecule has 1 N–H and O–H groups in total. The molecule has 0 saturated heterocycles. The predicted octanol–water partition coefficient (Wildman–Crippen LogP) is 6.07. The quantitative estimate of drug-likeness (QED) is 0.328. The average Bonchev–Trinajstić information content (AvgIpc) is 3.23. The van der Waals surface area contributed by atoms with Crippen molar-refractivity contribution in [1.29, 1.82) is 0 Å². The lowest BCUT2D eigenvalue weighted by atomic mass is 10.1. The molecule has 170 valence electrons. The van der Waals surface area contributed by atoms with Crippen molar-refractivity contribution in [2.75, 3.05) is 6.61 Å². The number of nitrogens with zero attached hydrogens (tertiary/aromatic N) is 2. The summed E-state index contributed by atoms with van der Waals surface area (Å²) in [5.41, 5.74) is 3.63. The standard InChI is InChI=1S/C29H27N3O2/c1-20-9-7-12-23(19-20)29(33)30-21(2)28-31-25-14-5-6-15-26(25)32(28)17-18-34-27-16-8-11-22-10-3-4-13-24(22)27/h3-16,19,21H,17-18H2,1-2H3,(H,30,33). The number of carbonyl (C=O) groups excluding carboxylic acids is 1. The Morgan fingerprint density at radius 2 is 1.74 bits per heavy atom. The Kier molecular flexibility index (Phi) is 6.00. The minimum atomic E-state index is -0.266. The number of aryl methyl sites for hydroxylation is 1. The number of carbonyl (C=O) groups is 1. The van der Waals surface area contributed by atoms with Gasteiger partial charge < -0.3 is 14.6 Å². The number of aromatic nitrogens is 2. The summed E-state index contributed by atoms with van der Waals surface area (Å²) in [4.78, 5) is 17.7. The number of rotatable bonds is 7. The Labute approximate surface area is 199 Å². The molecule has 1 atom stereocenters. The molecule has 1 aromatic heterocycles.